The average molecular weight is 548 g/mol. The van der Waals surface area contributed by atoms with Gasteiger partial charge >= 0.3 is 5.69 Å². The van der Waals surface area contributed by atoms with Crippen molar-refractivity contribution in [2.75, 3.05) is 32.7 Å². The van der Waals surface area contributed by atoms with Crippen molar-refractivity contribution in [2.24, 2.45) is 0 Å². The summed E-state index contributed by atoms with van der Waals surface area (Å²) in [6.45, 7) is 6.24. The van der Waals surface area contributed by atoms with Gasteiger partial charge in [-0.2, -0.15) is 0 Å². The number of aromatic nitrogens is 5. The Morgan fingerprint density at radius 1 is 1.15 bits per heavy atom. The number of pyridine rings is 1. The summed E-state index contributed by atoms with van der Waals surface area (Å²) in [6, 6.07) is 9.50. The monoisotopic (exact) mass is 547 g/mol. The smallest absolute Gasteiger partial charge is 0.327 e. The lowest BCUT2D eigenvalue weighted by Gasteiger charge is -2.32. The molecule has 10 nitrogen and oxygen atoms in total. The lowest BCUT2D eigenvalue weighted by Crippen LogP contribution is -2.41. The minimum Gasteiger partial charge on any atom is -0.420 e. The number of carbonyl (C=O) groups excluding carboxylic acids is 1. The van der Waals surface area contributed by atoms with Crippen LogP contribution in [-0.4, -0.2) is 73.2 Å². The molecule has 5 heterocycles. The van der Waals surface area contributed by atoms with Gasteiger partial charge in [0.15, 0.2) is 5.65 Å². The number of H-pyrrole nitrogens is 1. The zero-order valence-corrected chi connectivity index (χ0v) is 22.5. The fraction of sp³-hybridized carbons (Fsp3) is 0.393. The number of halogens is 1. The highest BCUT2D eigenvalue weighted by Gasteiger charge is 2.27. The van der Waals surface area contributed by atoms with Gasteiger partial charge < -0.3 is 9.32 Å². The first-order valence-corrected chi connectivity index (χ1v) is 13.7. The number of nitrogens with one attached hydrogen (secondary N) is 1. The number of benzene rings is 1. The topological polar surface area (TPSA) is 113 Å². The third kappa shape index (κ3) is 5.26. The number of carbonyl (C=O) groups is 1. The Labute approximate surface area is 230 Å². The van der Waals surface area contributed by atoms with Gasteiger partial charge in [-0.25, -0.2) is 9.78 Å². The van der Waals surface area contributed by atoms with Crippen LogP contribution in [0.2, 0.25) is 5.02 Å². The SMILES string of the molecule is CCN1CC=C(c2cc(Cl)cc(-c3nnc(CC(=O)N4CCC(n5c(=O)[nH]c6ncccc65)CC4)o3)c2)CC1. The van der Waals surface area contributed by atoms with Gasteiger partial charge in [-0.15, -0.1) is 10.2 Å². The molecule has 1 fully saturated rings. The van der Waals surface area contributed by atoms with Gasteiger partial charge in [0.2, 0.25) is 17.7 Å². The third-order valence-electron chi connectivity index (χ3n) is 7.70. The highest BCUT2D eigenvalue weighted by Crippen LogP contribution is 2.31. The van der Waals surface area contributed by atoms with E-state index in [4.69, 9.17) is 16.0 Å². The summed E-state index contributed by atoms with van der Waals surface area (Å²) in [5.41, 5.74) is 4.25. The first kappa shape index (κ1) is 25.5. The van der Waals surface area contributed by atoms with Crippen LogP contribution in [0.1, 0.15) is 43.7 Å². The molecule has 0 radical (unpaired) electrons. The van der Waals surface area contributed by atoms with E-state index in [1.165, 1.54) is 5.57 Å². The zero-order valence-electron chi connectivity index (χ0n) is 21.8. The molecule has 2 aliphatic rings. The van der Waals surface area contributed by atoms with E-state index in [1.54, 1.807) is 21.7 Å². The number of imidazole rings is 1. The van der Waals surface area contributed by atoms with Crippen molar-refractivity contribution in [1.29, 1.82) is 0 Å². The highest BCUT2D eigenvalue weighted by molar-refractivity contribution is 6.31. The summed E-state index contributed by atoms with van der Waals surface area (Å²) in [5.74, 6) is 0.545. The summed E-state index contributed by atoms with van der Waals surface area (Å²) >= 11 is 6.44. The summed E-state index contributed by atoms with van der Waals surface area (Å²) in [5, 5.41) is 8.94. The van der Waals surface area contributed by atoms with Crippen molar-refractivity contribution in [3.63, 3.8) is 0 Å². The van der Waals surface area contributed by atoms with Gasteiger partial charge in [0.1, 0.15) is 6.42 Å². The minimum atomic E-state index is -0.168. The molecule has 2 aliphatic heterocycles. The minimum absolute atomic E-state index is 0.0101. The number of piperidine rings is 1. The van der Waals surface area contributed by atoms with Crippen LogP contribution in [0.15, 0.2) is 51.8 Å². The van der Waals surface area contributed by atoms with Crippen LogP contribution >= 0.6 is 11.6 Å². The molecule has 0 atom stereocenters. The number of amides is 1. The van der Waals surface area contributed by atoms with Crippen LogP contribution in [0.5, 0.6) is 0 Å². The fourth-order valence-electron chi connectivity index (χ4n) is 5.54. The highest BCUT2D eigenvalue weighted by atomic mass is 35.5. The standard InChI is InChI=1S/C28H30ClN7O3/c1-2-34-10-5-18(6-11-34)19-14-20(16-21(29)15-19)27-33-32-24(39-27)17-25(37)35-12-7-22(8-13-35)36-23-4-3-9-30-26(23)31-28(36)38/h3-5,9,14-16,22H,2,6-8,10-13,17H2,1H3,(H,30,31,38). The molecule has 0 bridgehead atoms. The normalized spacial score (nSPS) is 17.1. The predicted octanol–water partition coefficient (Wildman–Crippen LogP) is 3.94. The molecule has 1 N–H and O–H groups in total. The quantitative estimate of drug-likeness (QED) is 0.389. The Morgan fingerprint density at radius 2 is 1.97 bits per heavy atom. The Bertz CT molecular complexity index is 1600. The second kappa shape index (κ2) is 10.8. The lowest BCUT2D eigenvalue weighted by atomic mass is 9.97. The second-order valence-corrected chi connectivity index (χ2v) is 10.5. The fourth-order valence-corrected chi connectivity index (χ4v) is 5.77. The Kier molecular flexibility index (Phi) is 7.05. The van der Waals surface area contributed by atoms with E-state index in [-0.39, 0.29) is 30.0 Å². The maximum Gasteiger partial charge on any atom is 0.327 e. The molecule has 202 valence electrons. The molecular formula is C28H30ClN7O3. The first-order valence-electron chi connectivity index (χ1n) is 13.4. The predicted molar refractivity (Wildman–Crippen MR) is 148 cm³/mol. The van der Waals surface area contributed by atoms with Crippen molar-refractivity contribution in [2.45, 2.75) is 38.6 Å². The Balaban J connectivity index is 1.10. The Hall–Kier alpha value is -3.76. The van der Waals surface area contributed by atoms with Gasteiger partial charge in [0.25, 0.3) is 0 Å². The van der Waals surface area contributed by atoms with Crippen LogP contribution < -0.4 is 5.69 Å². The van der Waals surface area contributed by atoms with Gasteiger partial charge in [-0.1, -0.05) is 24.6 Å². The van der Waals surface area contributed by atoms with Crippen LogP contribution in [-0.2, 0) is 11.2 Å². The molecule has 4 aromatic rings. The number of nitrogens with zero attached hydrogens (tertiary/aromatic N) is 6. The Morgan fingerprint density at radius 3 is 2.74 bits per heavy atom. The molecule has 0 saturated carbocycles. The van der Waals surface area contributed by atoms with E-state index < -0.39 is 0 Å². The van der Waals surface area contributed by atoms with Crippen molar-refractivity contribution >= 4 is 34.2 Å². The van der Waals surface area contributed by atoms with Gasteiger partial charge in [0, 0.05) is 49.0 Å². The number of likely N-dealkylation sites (N-methyl/N-ethyl adjacent to an activating group) is 1. The molecule has 0 unspecified atom stereocenters. The van der Waals surface area contributed by atoms with E-state index in [1.807, 2.05) is 24.3 Å². The van der Waals surface area contributed by atoms with E-state index >= 15 is 0 Å². The molecule has 1 saturated heterocycles. The van der Waals surface area contributed by atoms with Crippen molar-refractivity contribution < 1.29 is 9.21 Å². The molecule has 11 heteroatoms. The summed E-state index contributed by atoms with van der Waals surface area (Å²) in [7, 11) is 0. The van der Waals surface area contributed by atoms with Crippen LogP contribution in [0, 0.1) is 0 Å². The van der Waals surface area contributed by atoms with E-state index in [9.17, 15) is 9.59 Å². The molecule has 0 spiro atoms. The van der Waals surface area contributed by atoms with E-state index in [2.05, 4.69) is 38.1 Å². The number of hydrogen-bond acceptors (Lipinski definition) is 7. The molecule has 1 aromatic carbocycles. The van der Waals surface area contributed by atoms with Gasteiger partial charge in [-0.3, -0.25) is 19.2 Å². The number of likely N-dealkylation sites (tertiary alicyclic amines) is 1. The average Bonchev–Trinajstić information content (AvgIpc) is 3.56. The number of rotatable bonds is 6. The molecule has 1 amide bonds. The van der Waals surface area contributed by atoms with Crippen molar-refractivity contribution in [1.82, 2.24) is 34.5 Å². The number of hydrogen-bond donors (Lipinski definition) is 1. The molecular weight excluding hydrogens is 518 g/mol. The first-order chi connectivity index (χ1) is 19.0. The summed E-state index contributed by atoms with van der Waals surface area (Å²) in [4.78, 5) is 36.8. The number of fused-ring (bicyclic) bond motifs is 1. The maximum atomic E-state index is 13.0. The second-order valence-electron chi connectivity index (χ2n) is 10.1. The van der Waals surface area contributed by atoms with Crippen LogP contribution in [0.4, 0.5) is 0 Å². The van der Waals surface area contributed by atoms with Gasteiger partial charge in [-0.05, 0) is 67.3 Å². The molecule has 6 rings (SSSR count). The zero-order chi connectivity index (χ0) is 26.9. The summed E-state index contributed by atoms with van der Waals surface area (Å²) in [6.07, 6.45) is 6.25. The maximum absolute atomic E-state index is 13.0. The summed E-state index contributed by atoms with van der Waals surface area (Å²) < 4.78 is 7.66. The lowest BCUT2D eigenvalue weighted by molar-refractivity contribution is -0.132. The van der Waals surface area contributed by atoms with Crippen LogP contribution in [0.25, 0.3) is 28.2 Å². The van der Waals surface area contributed by atoms with Crippen molar-refractivity contribution in [3.8, 4) is 11.5 Å². The largest absolute Gasteiger partial charge is 0.420 e. The van der Waals surface area contributed by atoms with Crippen LogP contribution in [0.3, 0.4) is 0 Å². The molecule has 3 aromatic heterocycles. The third-order valence-corrected chi connectivity index (χ3v) is 7.92. The molecule has 0 aliphatic carbocycles. The number of aromatic amines is 1. The van der Waals surface area contributed by atoms with E-state index in [0.29, 0.717) is 42.5 Å². The van der Waals surface area contributed by atoms with Crippen molar-refractivity contribution in [3.05, 3.63) is 69.6 Å². The van der Waals surface area contributed by atoms with E-state index in [0.717, 1.165) is 42.7 Å². The van der Waals surface area contributed by atoms with Gasteiger partial charge in [0.05, 0.1) is 5.52 Å². The molecule has 39 heavy (non-hydrogen) atoms.